The number of halogens is 1. The van der Waals surface area contributed by atoms with E-state index in [0.29, 0.717) is 5.56 Å². The van der Waals surface area contributed by atoms with E-state index in [9.17, 15) is 13.2 Å². The second kappa shape index (κ2) is 5.50. The fourth-order valence-corrected chi connectivity index (χ4v) is 3.95. The molecule has 1 aromatic carbocycles. The molecule has 8 heteroatoms. The topological polar surface area (TPSA) is 89.3 Å². The minimum Gasteiger partial charge on any atom is -0.478 e. The summed E-state index contributed by atoms with van der Waals surface area (Å²) in [5.41, 5.74) is 0.580. The van der Waals surface area contributed by atoms with Gasteiger partial charge in [0.05, 0.1) is 22.4 Å². The number of sulfone groups is 1. The van der Waals surface area contributed by atoms with Crippen LogP contribution in [0.5, 0.6) is 0 Å². The summed E-state index contributed by atoms with van der Waals surface area (Å²) in [6.07, 6.45) is 3.05. The maximum atomic E-state index is 12.5. The van der Waals surface area contributed by atoms with Gasteiger partial charge >= 0.3 is 5.97 Å². The molecule has 2 aromatic rings. The first kappa shape index (κ1) is 15.5. The van der Waals surface area contributed by atoms with Crippen LogP contribution in [0, 0.1) is 6.92 Å². The van der Waals surface area contributed by atoms with Crippen molar-refractivity contribution in [1.82, 2.24) is 9.78 Å². The molecule has 1 aromatic heterocycles. The Morgan fingerprint density at radius 1 is 1.43 bits per heavy atom. The Hall–Kier alpha value is -1.86. The van der Waals surface area contributed by atoms with Crippen LogP contribution in [0.15, 0.2) is 29.4 Å². The molecular formula is C13H13ClN2O4S. The number of nitrogens with zero attached hydrogens (tertiary/aromatic N) is 2. The molecule has 21 heavy (non-hydrogen) atoms. The fourth-order valence-electron chi connectivity index (χ4n) is 2.04. The van der Waals surface area contributed by atoms with Crippen LogP contribution in [0.25, 0.3) is 0 Å². The van der Waals surface area contributed by atoms with Gasteiger partial charge in [0, 0.05) is 23.8 Å². The van der Waals surface area contributed by atoms with Crippen LogP contribution in [0.2, 0.25) is 5.02 Å². The average molecular weight is 329 g/mol. The molecule has 0 bridgehead atoms. The summed E-state index contributed by atoms with van der Waals surface area (Å²) in [7, 11) is -2.03. The second-order valence-electron chi connectivity index (χ2n) is 4.66. The second-order valence-corrected chi connectivity index (χ2v) is 7.06. The Bertz CT molecular complexity index is 812. The van der Waals surface area contributed by atoms with Gasteiger partial charge in [-0.2, -0.15) is 5.10 Å². The minimum atomic E-state index is -3.71. The molecule has 0 fully saturated rings. The van der Waals surface area contributed by atoms with Crippen molar-refractivity contribution in [3.8, 4) is 0 Å². The number of benzene rings is 1. The van der Waals surface area contributed by atoms with Crippen molar-refractivity contribution in [3.63, 3.8) is 0 Å². The zero-order valence-corrected chi connectivity index (χ0v) is 12.9. The number of aryl methyl sites for hydroxylation is 1. The predicted molar refractivity (Wildman–Crippen MR) is 77.2 cm³/mol. The predicted octanol–water partition coefficient (Wildman–Crippen LogP) is 2.05. The van der Waals surface area contributed by atoms with Crippen molar-refractivity contribution in [2.24, 2.45) is 7.05 Å². The number of hydrogen-bond acceptors (Lipinski definition) is 4. The van der Waals surface area contributed by atoms with Gasteiger partial charge in [-0.3, -0.25) is 4.68 Å². The van der Waals surface area contributed by atoms with Crippen LogP contribution in [0.1, 0.15) is 21.5 Å². The van der Waals surface area contributed by atoms with Crippen LogP contribution in [-0.4, -0.2) is 29.3 Å². The fraction of sp³-hybridized carbons (Fsp3) is 0.231. The molecule has 1 N–H and O–H groups in total. The first-order chi connectivity index (χ1) is 9.70. The van der Waals surface area contributed by atoms with Gasteiger partial charge in [0.1, 0.15) is 0 Å². The SMILES string of the molecule is Cc1c(C(=O)O)cc(Cl)cc1S(=O)(=O)Cc1cnn(C)c1. The van der Waals surface area contributed by atoms with Gasteiger partial charge in [0.2, 0.25) is 0 Å². The zero-order chi connectivity index (χ0) is 15.8. The molecule has 6 nitrogen and oxygen atoms in total. The highest BCUT2D eigenvalue weighted by molar-refractivity contribution is 7.90. The summed E-state index contributed by atoms with van der Waals surface area (Å²) in [5, 5.41) is 13.1. The number of aromatic nitrogens is 2. The third-order valence-electron chi connectivity index (χ3n) is 3.01. The van der Waals surface area contributed by atoms with Crippen molar-refractivity contribution in [1.29, 1.82) is 0 Å². The molecule has 1 heterocycles. The molecule has 0 aliphatic carbocycles. The Labute approximate surface area is 126 Å². The molecule has 0 atom stereocenters. The van der Waals surface area contributed by atoms with Gasteiger partial charge in [-0.25, -0.2) is 13.2 Å². The van der Waals surface area contributed by atoms with Crippen LogP contribution in [-0.2, 0) is 22.6 Å². The number of rotatable bonds is 4. The van der Waals surface area contributed by atoms with Gasteiger partial charge < -0.3 is 5.11 Å². The van der Waals surface area contributed by atoms with E-state index in [1.165, 1.54) is 29.9 Å². The maximum Gasteiger partial charge on any atom is 0.336 e. The Balaban J connectivity index is 2.52. The molecule has 0 aliphatic rings. The highest BCUT2D eigenvalue weighted by Gasteiger charge is 2.23. The highest BCUT2D eigenvalue weighted by Crippen LogP contribution is 2.27. The number of carboxylic acid groups (broad SMARTS) is 1. The Morgan fingerprint density at radius 2 is 2.10 bits per heavy atom. The summed E-state index contributed by atoms with van der Waals surface area (Å²) in [5.74, 6) is -1.48. The van der Waals surface area contributed by atoms with Crippen LogP contribution < -0.4 is 0 Å². The summed E-state index contributed by atoms with van der Waals surface area (Å²) >= 11 is 5.83. The van der Waals surface area contributed by atoms with Crippen molar-refractivity contribution in [3.05, 3.63) is 46.2 Å². The largest absolute Gasteiger partial charge is 0.478 e. The average Bonchev–Trinajstić information content (AvgIpc) is 2.76. The van der Waals surface area contributed by atoms with Crippen LogP contribution >= 0.6 is 11.6 Å². The molecule has 0 radical (unpaired) electrons. The summed E-state index contributed by atoms with van der Waals surface area (Å²) in [4.78, 5) is 11.1. The van der Waals surface area contributed by atoms with E-state index in [0.717, 1.165) is 0 Å². The quantitative estimate of drug-likeness (QED) is 0.927. The normalized spacial score (nSPS) is 11.6. The van der Waals surface area contributed by atoms with E-state index in [1.807, 2.05) is 0 Å². The zero-order valence-electron chi connectivity index (χ0n) is 11.4. The van der Waals surface area contributed by atoms with Crippen LogP contribution in [0.4, 0.5) is 0 Å². The third-order valence-corrected chi connectivity index (χ3v) is 5.03. The van der Waals surface area contributed by atoms with Crippen molar-refractivity contribution >= 4 is 27.4 Å². The van der Waals surface area contributed by atoms with Gasteiger partial charge in [-0.1, -0.05) is 11.6 Å². The summed E-state index contributed by atoms with van der Waals surface area (Å²) in [6, 6.07) is 2.51. The van der Waals surface area contributed by atoms with E-state index >= 15 is 0 Å². The van der Waals surface area contributed by atoms with Crippen LogP contribution in [0.3, 0.4) is 0 Å². The number of carbonyl (C=O) groups is 1. The standard InChI is InChI=1S/C13H13ClN2O4S/c1-8-11(13(17)18)3-10(14)4-12(8)21(19,20)7-9-5-15-16(2)6-9/h3-6H,7H2,1-2H3,(H,17,18). The van der Waals surface area contributed by atoms with E-state index < -0.39 is 15.8 Å². The summed E-state index contributed by atoms with van der Waals surface area (Å²) in [6.45, 7) is 1.45. The van der Waals surface area contributed by atoms with Crippen molar-refractivity contribution in [2.45, 2.75) is 17.6 Å². The third kappa shape index (κ3) is 3.25. The van der Waals surface area contributed by atoms with Gasteiger partial charge in [-0.05, 0) is 24.6 Å². The first-order valence-corrected chi connectivity index (χ1v) is 7.97. The van der Waals surface area contributed by atoms with E-state index in [2.05, 4.69) is 5.10 Å². The molecule has 112 valence electrons. The van der Waals surface area contributed by atoms with Crippen molar-refractivity contribution < 1.29 is 18.3 Å². The number of carboxylic acids is 1. The smallest absolute Gasteiger partial charge is 0.336 e. The molecule has 0 saturated heterocycles. The van der Waals surface area contributed by atoms with Gasteiger partial charge in [-0.15, -0.1) is 0 Å². The first-order valence-electron chi connectivity index (χ1n) is 5.94. The lowest BCUT2D eigenvalue weighted by Crippen LogP contribution is -2.10. The Morgan fingerprint density at radius 3 is 2.62 bits per heavy atom. The van der Waals surface area contributed by atoms with Gasteiger partial charge in [0.25, 0.3) is 0 Å². The maximum absolute atomic E-state index is 12.5. The molecule has 0 aliphatic heterocycles. The lowest BCUT2D eigenvalue weighted by atomic mass is 10.1. The van der Waals surface area contributed by atoms with E-state index in [1.54, 1.807) is 13.2 Å². The molecule has 0 amide bonds. The lowest BCUT2D eigenvalue weighted by molar-refractivity contribution is 0.0696. The minimum absolute atomic E-state index is 0.0720. The molecule has 0 unspecified atom stereocenters. The molecule has 2 rings (SSSR count). The Kier molecular flexibility index (Phi) is 4.06. The highest BCUT2D eigenvalue weighted by atomic mass is 35.5. The van der Waals surface area contributed by atoms with Gasteiger partial charge in [0.15, 0.2) is 9.84 Å². The summed E-state index contributed by atoms with van der Waals surface area (Å²) < 4.78 is 26.4. The molecular weight excluding hydrogens is 316 g/mol. The monoisotopic (exact) mass is 328 g/mol. The molecule has 0 saturated carbocycles. The number of hydrogen-bond donors (Lipinski definition) is 1. The van der Waals surface area contributed by atoms with E-state index in [4.69, 9.17) is 16.7 Å². The number of aromatic carboxylic acids is 1. The van der Waals surface area contributed by atoms with E-state index in [-0.39, 0.29) is 26.8 Å². The molecule has 0 spiro atoms. The van der Waals surface area contributed by atoms with Crippen molar-refractivity contribution in [2.75, 3.05) is 0 Å². The lowest BCUT2D eigenvalue weighted by Gasteiger charge is -2.10.